The molecule has 0 amide bonds. The van der Waals surface area contributed by atoms with Gasteiger partial charge in [-0.1, -0.05) is 0 Å². The fraction of sp³-hybridized carbons (Fsp3) is 0.812. The highest BCUT2D eigenvalue weighted by Gasteiger charge is 2.49. The van der Waals surface area contributed by atoms with Crippen molar-refractivity contribution >= 4 is 0 Å². The highest BCUT2D eigenvalue weighted by Crippen LogP contribution is 2.59. The van der Waals surface area contributed by atoms with Gasteiger partial charge in [-0.15, -0.1) is 0 Å². The SMILES string of the molecule is Cc1cc(C2C3CC4CC(C3)CC2C4)n(CCN)n1. The summed E-state index contributed by atoms with van der Waals surface area (Å²) in [5, 5.41) is 4.67. The van der Waals surface area contributed by atoms with E-state index < -0.39 is 0 Å². The average Bonchev–Trinajstić information content (AvgIpc) is 2.69. The minimum Gasteiger partial charge on any atom is -0.329 e. The van der Waals surface area contributed by atoms with Gasteiger partial charge in [0, 0.05) is 18.2 Å². The lowest BCUT2D eigenvalue weighted by Gasteiger charge is -2.54. The average molecular weight is 259 g/mol. The molecule has 1 aromatic rings. The van der Waals surface area contributed by atoms with E-state index in [4.69, 9.17) is 5.73 Å². The number of aromatic nitrogens is 2. The maximum Gasteiger partial charge on any atom is 0.0596 e. The van der Waals surface area contributed by atoms with E-state index in [0.29, 0.717) is 6.54 Å². The van der Waals surface area contributed by atoms with Crippen LogP contribution < -0.4 is 5.73 Å². The number of hydrogen-bond acceptors (Lipinski definition) is 2. The van der Waals surface area contributed by atoms with Crippen LogP contribution in [0.15, 0.2) is 6.07 Å². The number of nitrogens with zero attached hydrogens (tertiary/aromatic N) is 2. The predicted molar refractivity (Wildman–Crippen MR) is 75.8 cm³/mol. The molecule has 4 bridgehead atoms. The van der Waals surface area contributed by atoms with Crippen LogP contribution in [-0.2, 0) is 6.54 Å². The summed E-state index contributed by atoms with van der Waals surface area (Å²) in [6, 6.07) is 2.34. The third-order valence-corrected chi connectivity index (χ3v) is 5.84. The Hall–Kier alpha value is -0.830. The van der Waals surface area contributed by atoms with Gasteiger partial charge in [-0.3, -0.25) is 4.68 Å². The van der Waals surface area contributed by atoms with Gasteiger partial charge in [0.15, 0.2) is 0 Å². The van der Waals surface area contributed by atoms with Crippen molar-refractivity contribution in [3.05, 3.63) is 17.5 Å². The van der Waals surface area contributed by atoms with Crippen molar-refractivity contribution in [3.63, 3.8) is 0 Å². The molecule has 3 nitrogen and oxygen atoms in total. The molecule has 4 aliphatic carbocycles. The molecule has 19 heavy (non-hydrogen) atoms. The van der Waals surface area contributed by atoms with Crippen molar-refractivity contribution in [2.45, 2.75) is 51.5 Å². The van der Waals surface area contributed by atoms with Crippen LogP contribution in [0.4, 0.5) is 0 Å². The molecule has 4 aliphatic rings. The zero-order chi connectivity index (χ0) is 13.0. The van der Waals surface area contributed by atoms with Gasteiger partial charge < -0.3 is 5.73 Å². The first-order valence-corrected chi connectivity index (χ1v) is 7.99. The van der Waals surface area contributed by atoms with Gasteiger partial charge in [0.05, 0.1) is 12.2 Å². The largest absolute Gasteiger partial charge is 0.329 e. The van der Waals surface area contributed by atoms with E-state index in [9.17, 15) is 0 Å². The number of nitrogens with two attached hydrogens (primary N) is 1. The first-order chi connectivity index (χ1) is 9.24. The lowest BCUT2D eigenvalue weighted by molar-refractivity contribution is -0.00561. The van der Waals surface area contributed by atoms with E-state index in [1.807, 2.05) is 0 Å². The molecule has 0 atom stereocenters. The fourth-order valence-corrected chi connectivity index (χ4v) is 5.54. The quantitative estimate of drug-likeness (QED) is 0.907. The molecule has 5 rings (SSSR count). The summed E-state index contributed by atoms with van der Waals surface area (Å²) in [6.45, 7) is 3.69. The lowest BCUT2D eigenvalue weighted by atomic mass is 9.51. The summed E-state index contributed by atoms with van der Waals surface area (Å²) in [6.07, 6.45) is 7.44. The van der Waals surface area contributed by atoms with Crippen LogP contribution in [0.3, 0.4) is 0 Å². The van der Waals surface area contributed by atoms with Crippen LogP contribution >= 0.6 is 0 Å². The summed E-state index contributed by atoms with van der Waals surface area (Å²) in [5.41, 5.74) is 8.41. The Balaban J connectivity index is 1.68. The van der Waals surface area contributed by atoms with Crippen LogP contribution in [0.25, 0.3) is 0 Å². The molecule has 0 radical (unpaired) electrons. The van der Waals surface area contributed by atoms with Gasteiger partial charge in [-0.25, -0.2) is 0 Å². The van der Waals surface area contributed by atoms with Crippen molar-refractivity contribution in [2.24, 2.45) is 29.4 Å². The topological polar surface area (TPSA) is 43.8 Å². The summed E-state index contributed by atoms with van der Waals surface area (Å²) >= 11 is 0. The summed E-state index contributed by atoms with van der Waals surface area (Å²) in [4.78, 5) is 0. The Bertz CT molecular complexity index is 448. The molecule has 104 valence electrons. The molecular weight excluding hydrogens is 234 g/mol. The van der Waals surface area contributed by atoms with Gasteiger partial charge in [-0.2, -0.15) is 5.10 Å². The molecule has 0 aliphatic heterocycles. The van der Waals surface area contributed by atoms with Gasteiger partial charge in [0.2, 0.25) is 0 Å². The zero-order valence-electron chi connectivity index (χ0n) is 11.9. The van der Waals surface area contributed by atoms with E-state index in [0.717, 1.165) is 41.8 Å². The van der Waals surface area contributed by atoms with Gasteiger partial charge in [0.1, 0.15) is 0 Å². The third kappa shape index (κ3) is 1.85. The smallest absolute Gasteiger partial charge is 0.0596 e. The number of hydrogen-bond donors (Lipinski definition) is 1. The van der Waals surface area contributed by atoms with E-state index >= 15 is 0 Å². The molecule has 0 aromatic carbocycles. The van der Waals surface area contributed by atoms with E-state index in [-0.39, 0.29) is 0 Å². The second kappa shape index (κ2) is 4.34. The van der Waals surface area contributed by atoms with Crippen LogP contribution in [0, 0.1) is 30.6 Å². The molecule has 4 saturated carbocycles. The molecule has 0 unspecified atom stereocenters. The van der Waals surface area contributed by atoms with Crippen LogP contribution in [0.1, 0.15) is 49.4 Å². The summed E-state index contributed by atoms with van der Waals surface area (Å²) in [5.74, 6) is 4.74. The number of aryl methyl sites for hydroxylation is 1. The normalized spacial score (nSPS) is 40.0. The minimum atomic E-state index is 0.696. The minimum absolute atomic E-state index is 0.696. The van der Waals surface area contributed by atoms with Crippen molar-refractivity contribution < 1.29 is 0 Å². The molecule has 3 heteroatoms. The molecule has 2 N–H and O–H groups in total. The molecule has 0 spiro atoms. The summed E-state index contributed by atoms with van der Waals surface area (Å²) in [7, 11) is 0. The molecule has 1 heterocycles. The van der Waals surface area contributed by atoms with Gasteiger partial charge in [0.25, 0.3) is 0 Å². The Morgan fingerprint density at radius 2 is 1.79 bits per heavy atom. The Labute approximate surface area is 115 Å². The highest BCUT2D eigenvalue weighted by molar-refractivity contribution is 5.20. The lowest BCUT2D eigenvalue weighted by Crippen LogP contribution is -2.44. The van der Waals surface area contributed by atoms with Crippen molar-refractivity contribution in [2.75, 3.05) is 6.54 Å². The summed E-state index contributed by atoms with van der Waals surface area (Å²) < 4.78 is 2.21. The molecule has 4 fully saturated rings. The first kappa shape index (κ1) is 12.0. The fourth-order valence-electron chi connectivity index (χ4n) is 5.54. The van der Waals surface area contributed by atoms with Crippen LogP contribution in [0.5, 0.6) is 0 Å². The van der Waals surface area contributed by atoms with Gasteiger partial charge in [-0.05, 0) is 68.8 Å². The second-order valence-electron chi connectivity index (χ2n) is 7.18. The highest BCUT2D eigenvalue weighted by atomic mass is 15.3. The third-order valence-electron chi connectivity index (χ3n) is 5.84. The number of rotatable bonds is 3. The molecule has 1 aromatic heterocycles. The second-order valence-corrected chi connectivity index (χ2v) is 7.18. The monoisotopic (exact) mass is 259 g/mol. The maximum atomic E-state index is 5.75. The van der Waals surface area contributed by atoms with E-state index in [2.05, 4.69) is 22.8 Å². The van der Waals surface area contributed by atoms with Crippen LogP contribution in [0.2, 0.25) is 0 Å². The molecule has 0 saturated heterocycles. The Morgan fingerprint density at radius 1 is 1.16 bits per heavy atom. The van der Waals surface area contributed by atoms with Crippen LogP contribution in [-0.4, -0.2) is 16.3 Å². The zero-order valence-corrected chi connectivity index (χ0v) is 11.9. The van der Waals surface area contributed by atoms with Crippen molar-refractivity contribution in [1.82, 2.24) is 9.78 Å². The Kier molecular flexibility index (Phi) is 2.73. The first-order valence-electron chi connectivity index (χ1n) is 7.99. The standard InChI is InChI=1S/C16H25N3/c1-10-4-15(19(18-10)3-2-17)16-13-6-11-5-12(8-13)9-14(16)7-11/h4,11-14,16H,2-3,5-9,17H2,1H3. The predicted octanol–water partition coefficient (Wildman–Crippen LogP) is 2.69. The molecular formula is C16H25N3. The van der Waals surface area contributed by atoms with Crippen molar-refractivity contribution in [3.8, 4) is 0 Å². The van der Waals surface area contributed by atoms with E-state index in [1.54, 1.807) is 0 Å². The Morgan fingerprint density at radius 3 is 2.37 bits per heavy atom. The van der Waals surface area contributed by atoms with Gasteiger partial charge >= 0.3 is 0 Å². The maximum absolute atomic E-state index is 5.75. The van der Waals surface area contributed by atoms with E-state index in [1.165, 1.54) is 37.8 Å². The van der Waals surface area contributed by atoms with Crippen molar-refractivity contribution in [1.29, 1.82) is 0 Å².